The molecule has 1 amide bonds. The fourth-order valence-electron chi connectivity index (χ4n) is 5.85. The van der Waals surface area contributed by atoms with Crippen molar-refractivity contribution in [3.63, 3.8) is 0 Å². The maximum Gasteiger partial charge on any atom is 0.241 e. The largest absolute Gasteiger partial charge is 0.488 e. The highest BCUT2D eigenvalue weighted by molar-refractivity contribution is 5.99. The van der Waals surface area contributed by atoms with Gasteiger partial charge < -0.3 is 30.3 Å². The van der Waals surface area contributed by atoms with Crippen molar-refractivity contribution in [2.24, 2.45) is 5.73 Å². The number of fused-ring (bicyclic) bond motifs is 1. The minimum Gasteiger partial charge on any atom is -0.488 e. The van der Waals surface area contributed by atoms with Gasteiger partial charge in [0.05, 0.1) is 34.3 Å². The molecule has 2 saturated heterocycles. The molecule has 2 aliphatic rings. The normalized spacial score (nSPS) is 15.8. The number of piperidine rings is 2. The topological polar surface area (TPSA) is 130 Å². The number of hydrogen-bond acceptors (Lipinski definition) is 9. The molecular weight excluding hydrogens is 566 g/mol. The molecule has 10 nitrogen and oxygen atoms in total. The molecule has 6 rings (SSSR count). The van der Waals surface area contributed by atoms with Crippen LogP contribution in [0.2, 0.25) is 0 Å². The van der Waals surface area contributed by atoms with Crippen molar-refractivity contribution in [3.8, 4) is 17.7 Å². The van der Waals surface area contributed by atoms with E-state index in [2.05, 4.69) is 44.3 Å². The van der Waals surface area contributed by atoms with Gasteiger partial charge in [-0.3, -0.25) is 9.78 Å². The van der Waals surface area contributed by atoms with E-state index in [0.29, 0.717) is 23.7 Å². The number of ether oxygens (including phenoxy) is 2. The van der Waals surface area contributed by atoms with Gasteiger partial charge in [0.25, 0.3) is 0 Å². The summed E-state index contributed by atoms with van der Waals surface area (Å²) in [5.41, 5.74) is 11.0. The molecule has 0 aliphatic carbocycles. The molecule has 0 unspecified atom stereocenters. The van der Waals surface area contributed by atoms with E-state index in [4.69, 9.17) is 15.2 Å². The first-order valence-electron chi connectivity index (χ1n) is 15.3. The lowest BCUT2D eigenvalue weighted by Crippen LogP contribution is -2.36. The molecule has 0 spiro atoms. The summed E-state index contributed by atoms with van der Waals surface area (Å²) in [5.74, 6) is 0.882. The van der Waals surface area contributed by atoms with Crippen LogP contribution in [0.1, 0.15) is 36.8 Å². The molecule has 2 aliphatic heterocycles. The van der Waals surface area contributed by atoms with E-state index in [1.807, 2.05) is 48.5 Å². The molecule has 0 bridgehead atoms. The van der Waals surface area contributed by atoms with E-state index in [-0.39, 0.29) is 6.10 Å². The summed E-state index contributed by atoms with van der Waals surface area (Å²) in [5, 5.41) is 14.3. The monoisotopic (exact) mass is 603 g/mol. The molecule has 45 heavy (non-hydrogen) atoms. The second-order valence-electron chi connectivity index (χ2n) is 11.6. The number of anilines is 3. The van der Waals surface area contributed by atoms with Crippen molar-refractivity contribution in [1.29, 1.82) is 5.26 Å². The Hall–Kier alpha value is -5.14. The van der Waals surface area contributed by atoms with Crippen LogP contribution in [0, 0.1) is 11.3 Å². The fraction of sp³-hybridized carbons (Fsp3) is 0.314. The Morgan fingerprint density at radius 3 is 2.53 bits per heavy atom. The van der Waals surface area contributed by atoms with E-state index in [0.717, 1.165) is 91.0 Å². The molecule has 10 heteroatoms. The zero-order valence-corrected chi connectivity index (χ0v) is 25.4. The number of amides is 1. The summed E-state index contributed by atoms with van der Waals surface area (Å²) >= 11 is 0. The second kappa shape index (κ2) is 13.7. The molecule has 2 aromatic carbocycles. The second-order valence-corrected chi connectivity index (χ2v) is 11.6. The third-order valence-electron chi connectivity index (χ3n) is 8.36. The SMILES string of the molecule is CN1CCC(Oc2cc3ncc(C#N)c(Nc4ccc(OCc5ccccc5)nc4)c3cc2N2CCC(=CC(N)=O)CC2)CC1. The molecule has 2 fully saturated rings. The average Bonchev–Trinajstić information content (AvgIpc) is 3.06. The van der Waals surface area contributed by atoms with Crippen LogP contribution in [0.25, 0.3) is 10.9 Å². The van der Waals surface area contributed by atoms with Crippen LogP contribution >= 0.6 is 0 Å². The first-order valence-corrected chi connectivity index (χ1v) is 15.3. The van der Waals surface area contributed by atoms with Crippen molar-refractivity contribution < 1.29 is 14.3 Å². The number of primary amides is 1. The summed E-state index contributed by atoms with van der Waals surface area (Å²) in [6, 6.07) is 20.0. The number of nitriles is 1. The van der Waals surface area contributed by atoms with Gasteiger partial charge in [0.15, 0.2) is 0 Å². The zero-order valence-electron chi connectivity index (χ0n) is 25.4. The van der Waals surface area contributed by atoms with Crippen molar-refractivity contribution in [3.05, 3.63) is 89.8 Å². The van der Waals surface area contributed by atoms with E-state index in [1.54, 1.807) is 18.5 Å². The smallest absolute Gasteiger partial charge is 0.241 e. The number of nitrogens with two attached hydrogens (primary N) is 1. The van der Waals surface area contributed by atoms with Gasteiger partial charge in [-0.05, 0) is 50.4 Å². The van der Waals surface area contributed by atoms with Crippen LogP contribution < -0.4 is 25.4 Å². The number of nitrogens with one attached hydrogen (secondary N) is 1. The first-order chi connectivity index (χ1) is 21.9. The highest BCUT2D eigenvalue weighted by Gasteiger charge is 2.24. The lowest BCUT2D eigenvalue weighted by atomic mass is 10.0. The first kappa shape index (κ1) is 29.9. The van der Waals surface area contributed by atoms with Crippen LogP contribution in [0.5, 0.6) is 11.6 Å². The molecule has 4 heterocycles. The molecule has 3 N–H and O–H groups in total. The van der Waals surface area contributed by atoms with E-state index < -0.39 is 5.91 Å². The van der Waals surface area contributed by atoms with Gasteiger partial charge in [0.1, 0.15) is 24.5 Å². The Balaban J connectivity index is 1.30. The highest BCUT2D eigenvalue weighted by Crippen LogP contribution is 2.40. The number of rotatable bonds is 9. The van der Waals surface area contributed by atoms with Gasteiger partial charge in [-0.2, -0.15) is 5.26 Å². The van der Waals surface area contributed by atoms with E-state index in [1.165, 1.54) is 0 Å². The van der Waals surface area contributed by atoms with Crippen LogP contribution in [0.3, 0.4) is 0 Å². The Morgan fingerprint density at radius 2 is 1.84 bits per heavy atom. The number of carbonyl (C=O) groups excluding carboxylic acids is 1. The number of hydrogen-bond donors (Lipinski definition) is 2. The Morgan fingerprint density at radius 1 is 1.07 bits per heavy atom. The molecule has 0 saturated carbocycles. The predicted octanol–water partition coefficient (Wildman–Crippen LogP) is 5.31. The molecular formula is C35H37N7O3. The van der Waals surface area contributed by atoms with Crippen LogP contribution in [0.4, 0.5) is 17.1 Å². The van der Waals surface area contributed by atoms with Gasteiger partial charge in [-0.15, -0.1) is 0 Å². The maximum absolute atomic E-state index is 11.5. The van der Waals surface area contributed by atoms with Crippen LogP contribution in [-0.4, -0.2) is 60.1 Å². The number of nitrogens with zero attached hydrogens (tertiary/aromatic N) is 5. The molecule has 0 radical (unpaired) electrons. The molecule has 230 valence electrons. The Labute approximate surface area is 263 Å². The molecule has 0 atom stereocenters. The van der Waals surface area contributed by atoms with Crippen molar-refractivity contribution >= 4 is 33.9 Å². The lowest BCUT2D eigenvalue weighted by Gasteiger charge is -2.34. The summed E-state index contributed by atoms with van der Waals surface area (Å²) in [4.78, 5) is 25.2. The van der Waals surface area contributed by atoms with Crippen molar-refractivity contribution in [2.45, 2.75) is 38.4 Å². The van der Waals surface area contributed by atoms with Gasteiger partial charge >= 0.3 is 0 Å². The van der Waals surface area contributed by atoms with E-state index >= 15 is 0 Å². The van der Waals surface area contributed by atoms with Crippen LogP contribution in [-0.2, 0) is 11.4 Å². The van der Waals surface area contributed by atoms with Crippen molar-refractivity contribution in [1.82, 2.24) is 14.9 Å². The number of likely N-dealkylation sites (tertiary alicyclic amines) is 1. The third-order valence-corrected chi connectivity index (χ3v) is 8.36. The molecule has 2 aromatic heterocycles. The van der Waals surface area contributed by atoms with Gasteiger partial charge in [-0.1, -0.05) is 35.9 Å². The number of aromatic nitrogens is 2. The van der Waals surface area contributed by atoms with E-state index in [9.17, 15) is 10.1 Å². The summed E-state index contributed by atoms with van der Waals surface area (Å²) in [6.45, 7) is 3.84. The molecule has 4 aromatic rings. The van der Waals surface area contributed by atoms with Gasteiger partial charge in [0, 0.05) is 56.0 Å². The minimum absolute atomic E-state index is 0.109. The average molecular weight is 604 g/mol. The predicted molar refractivity (Wildman–Crippen MR) is 175 cm³/mol. The Kier molecular flexibility index (Phi) is 9.08. The lowest BCUT2D eigenvalue weighted by molar-refractivity contribution is -0.113. The van der Waals surface area contributed by atoms with Gasteiger partial charge in [0.2, 0.25) is 11.8 Å². The number of benzene rings is 2. The zero-order chi connectivity index (χ0) is 31.2. The number of pyridine rings is 2. The number of carbonyl (C=O) groups is 1. The van der Waals surface area contributed by atoms with Crippen molar-refractivity contribution in [2.75, 3.05) is 43.4 Å². The highest BCUT2D eigenvalue weighted by atomic mass is 16.5. The summed E-state index contributed by atoms with van der Waals surface area (Å²) < 4.78 is 12.5. The maximum atomic E-state index is 11.5. The summed E-state index contributed by atoms with van der Waals surface area (Å²) in [6.07, 6.45) is 8.32. The minimum atomic E-state index is -0.411. The quantitative estimate of drug-likeness (QED) is 0.245. The van der Waals surface area contributed by atoms with Crippen LogP contribution in [0.15, 0.2) is 78.6 Å². The third kappa shape index (κ3) is 7.33. The fourth-order valence-corrected chi connectivity index (χ4v) is 5.85. The van der Waals surface area contributed by atoms with Gasteiger partial charge in [-0.25, -0.2) is 4.98 Å². The standard InChI is InChI=1S/C35H37N7O3/c1-41-13-11-28(12-14-41)45-32-19-30-29(18-31(32)42-15-9-24(10-16-42)17-33(37)43)35(26(20-36)21-38-30)40-27-7-8-34(39-22-27)44-23-25-5-3-2-4-6-25/h2-8,17-19,21-22,28H,9-16,23H2,1H3,(H2,37,43)(H,38,40). The Bertz CT molecular complexity index is 1720. The summed E-state index contributed by atoms with van der Waals surface area (Å²) in [7, 11) is 2.13.